The molecular formula is C22H44O6S. The molecule has 1 N–H and O–H groups in total. The molecule has 0 fully saturated rings. The summed E-state index contributed by atoms with van der Waals surface area (Å²) in [5, 5.41) is 0. The molecule has 174 valence electrons. The average molecular weight is 437 g/mol. The van der Waals surface area contributed by atoms with E-state index in [0.29, 0.717) is 13.2 Å². The third-order valence-electron chi connectivity index (χ3n) is 4.63. The number of allylic oxidation sites excluding steroid dienone is 2. The minimum absolute atomic E-state index is 0.109. The summed E-state index contributed by atoms with van der Waals surface area (Å²) in [5.74, 6) is 0. The van der Waals surface area contributed by atoms with E-state index in [-0.39, 0.29) is 13.2 Å². The summed E-state index contributed by atoms with van der Waals surface area (Å²) in [6.45, 7) is 3.78. The predicted molar refractivity (Wildman–Crippen MR) is 119 cm³/mol. The predicted octanol–water partition coefficient (Wildman–Crippen LogP) is 5.88. The van der Waals surface area contributed by atoms with Crippen molar-refractivity contribution in [1.82, 2.24) is 0 Å². The molecule has 0 aromatic carbocycles. The highest BCUT2D eigenvalue weighted by molar-refractivity contribution is 7.80. The zero-order valence-corrected chi connectivity index (χ0v) is 19.3. The topological polar surface area (TPSA) is 82.1 Å². The normalized spacial score (nSPS) is 12.2. The highest BCUT2D eigenvalue weighted by atomic mass is 32.3. The lowest BCUT2D eigenvalue weighted by atomic mass is 10.1. The summed E-state index contributed by atoms with van der Waals surface area (Å²) >= 11 is 0. The Morgan fingerprint density at radius 1 is 0.621 bits per heavy atom. The van der Waals surface area contributed by atoms with E-state index in [9.17, 15) is 8.42 Å². The molecule has 0 unspecified atom stereocenters. The fourth-order valence-corrected chi connectivity index (χ4v) is 3.25. The number of rotatable bonds is 23. The first-order valence-electron chi connectivity index (χ1n) is 11.5. The zero-order chi connectivity index (χ0) is 21.5. The van der Waals surface area contributed by atoms with E-state index in [0.717, 1.165) is 13.0 Å². The molecule has 7 heteroatoms. The first-order chi connectivity index (χ1) is 14.1. The van der Waals surface area contributed by atoms with Gasteiger partial charge < -0.3 is 9.47 Å². The van der Waals surface area contributed by atoms with Crippen molar-refractivity contribution >= 4 is 10.4 Å². The molecule has 6 nitrogen and oxygen atoms in total. The molecule has 0 atom stereocenters. The summed E-state index contributed by atoms with van der Waals surface area (Å²) in [4.78, 5) is 0. The van der Waals surface area contributed by atoms with Gasteiger partial charge in [0, 0.05) is 6.61 Å². The van der Waals surface area contributed by atoms with E-state index in [1.165, 1.54) is 83.5 Å². The van der Waals surface area contributed by atoms with Crippen molar-refractivity contribution in [3.8, 4) is 0 Å². The second-order valence-corrected chi connectivity index (χ2v) is 8.50. The van der Waals surface area contributed by atoms with Crippen molar-refractivity contribution < 1.29 is 26.6 Å². The van der Waals surface area contributed by atoms with E-state index in [1.54, 1.807) is 0 Å². The molecular weight excluding hydrogens is 392 g/mol. The quantitative estimate of drug-likeness (QED) is 0.122. The van der Waals surface area contributed by atoms with Gasteiger partial charge in [0.25, 0.3) is 0 Å². The van der Waals surface area contributed by atoms with Crippen LogP contribution in [0, 0.1) is 0 Å². The van der Waals surface area contributed by atoms with Crippen LogP contribution in [-0.4, -0.2) is 46.0 Å². The summed E-state index contributed by atoms with van der Waals surface area (Å²) < 4.78 is 43.7. The zero-order valence-electron chi connectivity index (χ0n) is 18.5. The molecule has 0 radical (unpaired) electrons. The van der Waals surface area contributed by atoms with E-state index in [1.807, 2.05) is 0 Å². The van der Waals surface area contributed by atoms with Gasteiger partial charge in [-0.1, -0.05) is 76.9 Å². The Labute approximate surface area is 179 Å². The molecule has 0 saturated carbocycles. The van der Waals surface area contributed by atoms with Gasteiger partial charge in [-0.15, -0.1) is 0 Å². The van der Waals surface area contributed by atoms with Gasteiger partial charge in [-0.05, 0) is 32.1 Å². The van der Waals surface area contributed by atoms with Crippen LogP contribution in [0.2, 0.25) is 0 Å². The number of hydrogen-bond acceptors (Lipinski definition) is 5. The Bertz CT molecular complexity index is 450. The van der Waals surface area contributed by atoms with Gasteiger partial charge in [0.15, 0.2) is 0 Å². The first kappa shape index (κ1) is 28.5. The lowest BCUT2D eigenvalue weighted by molar-refractivity contribution is 0.0346. The standard InChI is InChI=1S/C22H44O6S/c1-2-3-4-5-6-7-8-9-10-11-12-13-14-15-16-17-18-26-19-20-27-21-22-28-29(23,24)25/h9-10H,2-8,11-22H2,1H3,(H,23,24,25)/b10-9-. The van der Waals surface area contributed by atoms with Crippen molar-refractivity contribution in [3.63, 3.8) is 0 Å². The Kier molecular flexibility index (Phi) is 21.9. The Morgan fingerprint density at radius 2 is 1.07 bits per heavy atom. The van der Waals surface area contributed by atoms with Crippen LogP contribution in [0.5, 0.6) is 0 Å². The van der Waals surface area contributed by atoms with E-state index >= 15 is 0 Å². The molecule has 29 heavy (non-hydrogen) atoms. The lowest BCUT2D eigenvalue weighted by Crippen LogP contribution is -2.12. The van der Waals surface area contributed by atoms with Crippen LogP contribution in [0.1, 0.15) is 96.8 Å². The monoisotopic (exact) mass is 436 g/mol. The largest absolute Gasteiger partial charge is 0.397 e. The molecule has 0 saturated heterocycles. The van der Waals surface area contributed by atoms with Crippen LogP contribution >= 0.6 is 0 Å². The van der Waals surface area contributed by atoms with Gasteiger partial charge in [-0.2, -0.15) is 8.42 Å². The first-order valence-corrected chi connectivity index (χ1v) is 12.8. The Morgan fingerprint density at radius 3 is 1.62 bits per heavy atom. The van der Waals surface area contributed by atoms with E-state index in [4.69, 9.17) is 14.0 Å². The van der Waals surface area contributed by atoms with Crippen LogP contribution < -0.4 is 0 Å². The van der Waals surface area contributed by atoms with Crippen LogP contribution in [0.4, 0.5) is 0 Å². The SMILES string of the molecule is CCCCCCCC/C=C\CCCCCCCCOCCOCCOS(=O)(=O)O. The number of unbranched alkanes of at least 4 members (excludes halogenated alkanes) is 12. The van der Waals surface area contributed by atoms with Gasteiger partial charge in [-0.3, -0.25) is 4.55 Å². The van der Waals surface area contributed by atoms with Crippen molar-refractivity contribution in [2.45, 2.75) is 96.8 Å². The Balaban J connectivity index is 3.10. The molecule has 0 rings (SSSR count). The second-order valence-electron chi connectivity index (χ2n) is 7.41. The van der Waals surface area contributed by atoms with Crippen LogP contribution in [0.25, 0.3) is 0 Å². The fraction of sp³-hybridized carbons (Fsp3) is 0.909. The highest BCUT2D eigenvalue weighted by Gasteiger charge is 2.02. The van der Waals surface area contributed by atoms with Crippen molar-refractivity contribution in [1.29, 1.82) is 0 Å². The van der Waals surface area contributed by atoms with Gasteiger partial charge in [0.1, 0.15) is 0 Å². The van der Waals surface area contributed by atoms with Crippen LogP contribution in [-0.2, 0) is 24.1 Å². The summed E-state index contributed by atoms with van der Waals surface area (Å²) in [5.41, 5.74) is 0. The van der Waals surface area contributed by atoms with Crippen LogP contribution in [0.15, 0.2) is 12.2 Å². The molecule has 0 aliphatic carbocycles. The van der Waals surface area contributed by atoms with E-state index in [2.05, 4.69) is 23.3 Å². The molecule has 0 aromatic heterocycles. The van der Waals surface area contributed by atoms with Gasteiger partial charge >= 0.3 is 10.4 Å². The lowest BCUT2D eigenvalue weighted by Gasteiger charge is -2.05. The third-order valence-corrected chi connectivity index (χ3v) is 5.10. The average Bonchev–Trinajstić information content (AvgIpc) is 2.67. The highest BCUT2D eigenvalue weighted by Crippen LogP contribution is 2.10. The number of ether oxygens (including phenoxy) is 2. The molecule has 0 spiro atoms. The molecule has 0 aromatic rings. The summed E-state index contributed by atoms with van der Waals surface area (Å²) in [7, 11) is -4.37. The molecule has 0 heterocycles. The maximum atomic E-state index is 10.3. The fourth-order valence-electron chi connectivity index (χ4n) is 2.97. The Hall–Kier alpha value is -0.470. The summed E-state index contributed by atoms with van der Waals surface area (Å²) in [6.07, 6.45) is 22.8. The maximum absolute atomic E-state index is 10.3. The molecule has 0 aliphatic heterocycles. The second kappa shape index (κ2) is 22.2. The summed E-state index contributed by atoms with van der Waals surface area (Å²) in [6, 6.07) is 0. The third kappa shape index (κ3) is 27.5. The maximum Gasteiger partial charge on any atom is 0.397 e. The van der Waals surface area contributed by atoms with Crippen molar-refractivity contribution in [2.24, 2.45) is 0 Å². The van der Waals surface area contributed by atoms with Gasteiger partial charge in [0.05, 0.1) is 26.4 Å². The van der Waals surface area contributed by atoms with Gasteiger partial charge in [-0.25, -0.2) is 4.18 Å². The van der Waals surface area contributed by atoms with Gasteiger partial charge in [0.2, 0.25) is 0 Å². The smallest absolute Gasteiger partial charge is 0.379 e. The number of hydrogen-bond donors (Lipinski definition) is 1. The molecule has 0 amide bonds. The minimum atomic E-state index is -4.37. The minimum Gasteiger partial charge on any atom is -0.379 e. The molecule has 0 aliphatic rings. The van der Waals surface area contributed by atoms with Crippen molar-refractivity contribution in [3.05, 3.63) is 12.2 Å². The van der Waals surface area contributed by atoms with Crippen LogP contribution in [0.3, 0.4) is 0 Å². The molecule has 0 bridgehead atoms. The van der Waals surface area contributed by atoms with E-state index < -0.39 is 10.4 Å². The van der Waals surface area contributed by atoms with Crippen molar-refractivity contribution in [2.75, 3.05) is 33.0 Å².